The normalized spacial score (nSPS) is 10.6. The highest BCUT2D eigenvalue weighted by Crippen LogP contribution is 2.35. The Labute approximate surface area is 172 Å². The number of benzene rings is 2. The number of rotatable bonds is 7. The Balaban J connectivity index is 2.02. The Bertz CT molecular complexity index is 1020. The summed E-state index contributed by atoms with van der Waals surface area (Å²) in [4.78, 5) is 23.0. The van der Waals surface area contributed by atoms with Gasteiger partial charge in [0.05, 0.1) is 10.5 Å². The number of carbonyl (C=O) groups is 1. The molecule has 148 valence electrons. The van der Waals surface area contributed by atoms with Crippen LogP contribution in [0.15, 0.2) is 54.6 Å². The van der Waals surface area contributed by atoms with Crippen molar-refractivity contribution in [2.24, 2.45) is 0 Å². The van der Waals surface area contributed by atoms with E-state index in [1.165, 1.54) is 24.3 Å². The minimum atomic E-state index is -0.654. The predicted molar refractivity (Wildman–Crippen MR) is 109 cm³/mol. The molecule has 8 heteroatoms. The molecular weight excluding hydrogens is 394 g/mol. The molecule has 0 aliphatic rings. The van der Waals surface area contributed by atoms with Gasteiger partial charge in [-0.1, -0.05) is 55.3 Å². The van der Waals surface area contributed by atoms with Gasteiger partial charge in [-0.3, -0.25) is 10.1 Å². The number of esters is 1. The molecular formula is C21H18ClN3O4. The fraction of sp³-hybridized carbons (Fsp3) is 0.190. The lowest BCUT2D eigenvalue weighted by atomic mass is 10.0. The van der Waals surface area contributed by atoms with Gasteiger partial charge in [0.25, 0.3) is 5.69 Å². The molecule has 0 unspecified atom stereocenters. The molecule has 0 saturated heterocycles. The molecule has 0 aliphatic carbocycles. The molecule has 7 nitrogen and oxygen atoms in total. The van der Waals surface area contributed by atoms with Gasteiger partial charge >= 0.3 is 5.97 Å². The third kappa shape index (κ3) is 4.75. The molecule has 0 N–H and O–H groups in total. The van der Waals surface area contributed by atoms with Crippen LogP contribution in [-0.4, -0.2) is 21.1 Å². The van der Waals surface area contributed by atoms with E-state index < -0.39 is 10.9 Å². The maximum atomic E-state index is 12.7. The van der Waals surface area contributed by atoms with Gasteiger partial charge in [0.1, 0.15) is 5.69 Å². The van der Waals surface area contributed by atoms with Crippen molar-refractivity contribution < 1.29 is 14.5 Å². The molecule has 0 saturated carbocycles. The lowest BCUT2D eigenvalue weighted by Crippen LogP contribution is -2.12. The largest absolute Gasteiger partial charge is 0.420 e. The second-order valence-corrected chi connectivity index (χ2v) is 6.67. The van der Waals surface area contributed by atoms with Crippen LogP contribution >= 0.6 is 11.6 Å². The Kier molecular flexibility index (Phi) is 6.51. The lowest BCUT2D eigenvalue weighted by molar-refractivity contribution is -0.384. The second-order valence-electron chi connectivity index (χ2n) is 6.31. The number of unbranched alkanes of at least 4 members (excludes halogenated alkanes) is 1. The van der Waals surface area contributed by atoms with Gasteiger partial charge in [-0.15, -0.1) is 10.2 Å². The Morgan fingerprint density at radius 2 is 1.79 bits per heavy atom. The number of nitro groups is 1. The number of hydrogen-bond donors (Lipinski definition) is 0. The number of hydrogen-bond acceptors (Lipinski definition) is 6. The Morgan fingerprint density at radius 3 is 2.41 bits per heavy atom. The van der Waals surface area contributed by atoms with Gasteiger partial charge in [-0.25, -0.2) is 4.79 Å². The number of non-ortho nitro benzene ring substituents is 1. The van der Waals surface area contributed by atoms with Crippen LogP contribution in [0, 0.1) is 10.1 Å². The third-order valence-corrected chi connectivity index (χ3v) is 4.62. The summed E-state index contributed by atoms with van der Waals surface area (Å²) >= 11 is 6.27. The number of carbonyl (C=O) groups excluding carboxylic acids is 1. The third-order valence-electron chi connectivity index (χ3n) is 4.31. The van der Waals surface area contributed by atoms with Gasteiger partial charge in [0.2, 0.25) is 0 Å². The van der Waals surface area contributed by atoms with Crippen molar-refractivity contribution in [2.75, 3.05) is 0 Å². The van der Waals surface area contributed by atoms with Crippen LogP contribution in [0.25, 0.3) is 11.3 Å². The molecule has 0 aliphatic heterocycles. The van der Waals surface area contributed by atoms with Gasteiger partial charge in [0, 0.05) is 23.3 Å². The van der Waals surface area contributed by atoms with Crippen LogP contribution in [-0.2, 0) is 6.42 Å². The van der Waals surface area contributed by atoms with E-state index in [1.807, 2.05) is 37.3 Å². The van der Waals surface area contributed by atoms with E-state index in [1.54, 1.807) is 0 Å². The lowest BCUT2D eigenvalue weighted by Gasteiger charge is -2.14. The molecule has 2 aromatic carbocycles. The summed E-state index contributed by atoms with van der Waals surface area (Å²) in [6.07, 6.45) is 2.34. The quantitative estimate of drug-likeness (QED) is 0.298. The summed E-state index contributed by atoms with van der Waals surface area (Å²) in [5.74, 6) is -0.396. The van der Waals surface area contributed by atoms with Crippen LogP contribution in [0.2, 0.25) is 5.15 Å². The smallest absolute Gasteiger partial charge is 0.343 e. The standard InChI is InChI=1S/C21H18ClN3O4/c1-2-3-9-17-19(18(23-24-20(17)22)14-7-5-4-6-8-14)29-21(26)15-10-12-16(13-11-15)25(27)28/h4-8,10-13H,2-3,9H2,1H3. The molecule has 29 heavy (non-hydrogen) atoms. The first kappa shape index (κ1) is 20.4. The zero-order valence-electron chi connectivity index (χ0n) is 15.7. The van der Waals surface area contributed by atoms with Crippen molar-refractivity contribution >= 4 is 23.3 Å². The summed E-state index contributed by atoms with van der Waals surface area (Å²) in [5, 5.41) is 19.2. The van der Waals surface area contributed by atoms with Crippen molar-refractivity contribution in [1.29, 1.82) is 0 Å². The molecule has 3 aromatic rings. The van der Waals surface area contributed by atoms with E-state index in [-0.39, 0.29) is 22.2 Å². The highest BCUT2D eigenvalue weighted by atomic mass is 35.5. The number of ether oxygens (including phenoxy) is 1. The van der Waals surface area contributed by atoms with E-state index in [4.69, 9.17) is 16.3 Å². The zero-order valence-corrected chi connectivity index (χ0v) is 16.4. The van der Waals surface area contributed by atoms with Crippen molar-refractivity contribution in [3.63, 3.8) is 0 Å². The minimum Gasteiger partial charge on any atom is -0.420 e. The molecule has 0 radical (unpaired) electrons. The second kappa shape index (κ2) is 9.25. The van der Waals surface area contributed by atoms with E-state index >= 15 is 0 Å². The summed E-state index contributed by atoms with van der Waals surface area (Å²) < 4.78 is 5.70. The topological polar surface area (TPSA) is 95.2 Å². The average molecular weight is 412 g/mol. The van der Waals surface area contributed by atoms with Crippen molar-refractivity contribution in [2.45, 2.75) is 26.2 Å². The van der Waals surface area contributed by atoms with Crippen molar-refractivity contribution in [3.05, 3.63) is 81.0 Å². The van der Waals surface area contributed by atoms with Gasteiger partial charge in [-0.05, 0) is 25.0 Å². The monoisotopic (exact) mass is 411 g/mol. The first-order valence-corrected chi connectivity index (χ1v) is 9.46. The molecule has 0 atom stereocenters. The van der Waals surface area contributed by atoms with E-state index in [2.05, 4.69) is 10.2 Å². The Hall–Kier alpha value is -3.32. The van der Waals surface area contributed by atoms with E-state index in [0.717, 1.165) is 18.4 Å². The van der Waals surface area contributed by atoms with Gasteiger partial charge in [-0.2, -0.15) is 0 Å². The van der Waals surface area contributed by atoms with E-state index in [9.17, 15) is 14.9 Å². The molecule has 1 heterocycles. The minimum absolute atomic E-state index is 0.108. The summed E-state index contributed by atoms with van der Waals surface area (Å²) in [7, 11) is 0. The summed E-state index contributed by atoms with van der Waals surface area (Å²) in [6, 6.07) is 14.4. The van der Waals surface area contributed by atoms with Crippen LogP contribution < -0.4 is 4.74 Å². The van der Waals surface area contributed by atoms with Crippen LogP contribution in [0.5, 0.6) is 5.75 Å². The van der Waals surface area contributed by atoms with Crippen LogP contribution in [0.3, 0.4) is 0 Å². The number of nitrogens with zero attached hydrogens (tertiary/aromatic N) is 3. The van der Waals surface area contributed by atoms with Gasteiger partial charge < -0.3 is 4.74 Å². The summed E-state index contributed by atoms with van der Waals surface area (Å²) in [5.41, 5.74) is 1.84. The molecule has 1 aromatic heterocycles. The predicted octanol–water partition coefficient (Wildman–Crippen LogP) is 5.27. The van der Waals surface area contributed by atoms with Crippen molar-refractivity contribution in [1.82, 2.24) is 10.2 Å². The zero-order chi connectivity index (χ0) is 20.8. The van der Waals surface area contributed by atoms with Crippen molar-refractivity contribution in [3.8, 4) is 17.0 Å². The van der Waals surface area contributed by atoms with E-state index in [0.29, 0.717) is 17.7 Å². The fourth-order valence-electron chi connectivity index (χ4n) is 2.77. The molecule has 0 amide bonds. The van der Waals surface area contributed by atoms with Crippen LogP contribution in [0.4, 0.5) is 5.69 Å². The molecule has 0 bridgehead atoms. The SMILES string of the molecule is CCCCc1c(Cl)nnc(-c2ccccc2)c1OC(=O)c1ccc([N+](=O)[O-])cc1. The first-order chi connectivity index (χ1) is 14.0. The highest BCUT2D eigenvalue weighted by molar-refractivity contribution is 6.30. The fourth-order valence-corrected chi connectivity index (χ4v) is 2.99. The molecule has 0 spiro atoms. The molecule has 3 rings (SSSR count). The number of aromatic nitrogens is 2. The maximum Gasteiger partial charge on any atom is 0.343 e. The molecule has 0 fully saturated rings. The average Bonchev–Trinajstić information content (AvgIpc) is 2.74. The van der Waals surface area contributed by atoms with Crippen LogP contribution in [0.1, 0.15) is 35.7 Å². The highest BCUT2D eigenvalue weighted by Gasteiger charge is 2.22. The maximum absolute atomic E-state index is 12.7. The van der Waals surface area contributed by atoms with Gasteiger partial charge in [0.15, 0.2) is 10.9 Å². The number of nitro benzene ring substituents is 1. The number of halogens is 1. The Morgan fingerprint density at radius 1 is 1.10 bits per heavy atom. The first-order valence-electron chi connectivity index (χ1n) is 9.08. The summed E-state index contributed by atoms with van der Waals surface area (Å²) in [6.45, 7) is 2.04.